The summed E-state index contributed by atoms with van der Waals surface area (Å²) in [6.07, 6.45) is -2.88. The molecular formula is C12H14F3N3O2. The zero-order valence-electron chi connectivity index (χ0n) is 10.5. The summed E-state index contributed by atoms with van der Waals surface area (Å²) in [6, 6.07) is 0.853. The van der Waals surface area contributed by atoms with Crippen molar-refractivity contribution in [1.29, 1.82) is 0 Å². The molecule has 0 unspecified atom stereocenters. The van der Waals surface area contributed by atoms with Crippen molar-refractivity contribution in [2.24, 2.45) is 5.92 Å². The molecule has 0 aliphatic carbocycles. The second-order valence-electron chi connectivity index (χ2n) is 4.73. The molecule has 2 rings (SSSR count). The van der Waals surface area contributed by atoms with Gasteiger partial charge in [0.2, 0.25) is 0 Å². The molecule has 110 valence electrons. The predicted molar refractivity (Wildman–Crippen MR) is 66.2 cm³/mol. The van der Waals surface area contributed by atoms with Gasteiger partial charge in [-0.1, -0.05) is 0 Å². The van der Waals surface area contributed by atoms with Gasteiger partial charge in [-0.15, -0.1) is 0 Å². The van der Waals surface area contributed by atoms with Gasteiger partial charge in [0.05, 0.1) is 17.2 Å². The van der Waals surface area contributed by atoms with Gasteiger partial charge in [0.1, 0.15) is 0 Å². The Labute approximate surface area is 113 Å². The van der Waals surface area contributed by atoms with Crippen LogP contribution >= 0.6 is 0 Å². The van der Waals surface area contributed by atoms with Gasteiger partial charge in [0.15, 0.2) is 5.82 Å². The molecule has 2 heterocycles. The zero-order valence-corrected chi connectivity index (χ0v) is 10.5. The molecule has 0 amide bonds. The summed E-state index contributed by atoms with van der Waals surface area (Å²) in [6.45, 7) is 0.832. The minimum absolute atomic E-state index is 0.0476. The summed E-state index contributed by atoms with van der Waals surface area (Å²) < 4.78 is 37.5. The van der Waals surface area contributed by atoms with Gasteiger partial charge in [-0.05, 0) is 18.9 Å². The summed E-state index contributed by atoms with van der Waals surface area (Å²) in [5.74, 6) is -0.984. The number of hydrogen-bond donors (Lipinski definition) is 2. The number of aromatic nitrogens is 1. The second kappa shape index (κ2) is 5.18. The van der Waals surface area contributed by atoms with E-state index >= 15 is 0 Å². The highest BCUT2D eigenvalue weighted by Crippen LogP contribution is 2.33. The molecule has 3 N–H and O–H groups in total. The number of aliphatic carboxylic acids is 1. The molecular weight excluding hydrogens is 275 g/mol. The van der Waals surface area contributed by atoms with Crippen molar-refractivity contribution in [2.45, 2.75) is 19.0 Å². The van der Waals surface area contributed by atoms with Crippen LogP contribution in [0.3, 0.4) is 0 Å². The number of nitrogens with two attached hydrogens (primary N) is 1. The highest BCUT2D eigenvalue weighted by molar-refractivity contribution is 5.71. The SMILES string of the molecule is Nc1cc(C(F)(F)F)cnc1N1CCC(C(=O)O)CC1. The van der Waals surface area contributed by atoms with E-state index in [0.29, 0.717) is 25.9 Å². The van der Waals surface area contributed by atoms with Crippen molar-refractivity contribution in [3.05, 3.63) is 17.8 Å². The summed E-state index contributed by atoms with van der Waals surface area (Å²) in [7, 11) is 0. The fourth-order valence-electron chi connectivity index (χ4n) is 2.23. The number of piperidine rings is 1. The molecule has 1 fully saturated rings. The molecule has 8 heteroatoms. The number of alkyl halides is 3. The van der Waals surface area contributed by atoms with Crippen LogP contribution in [-0.2, 0) is 11.0 Å². The number of rotatable bonds is 2. The third kappa shape index (κ3) is 2.94. The molecule has 0 radical (unpaired) electrons. The molecule has 0 saturated carbocycles. The van der Waals surface area contributed by atoms with Crippen LogP contribution in [0.15, 0.2) is 12.3 Å². The Morgan fingerprint density at radius 2 is 2.00 bits per heavy atom. The van der Waals surface area contributed by atoms with E-state index in [2.05, 4.69) is 4.98 Å². The van der Waals surface area contributed by atoms with Crippen molar-refractivity contribution in [2.75, 3.05) is 23.7 Å². The predicted octanol–water partition coefficient (Wildman–Crippen LogP) is 1.98. The molecule has 1 aliphatic rings. The first kappa shape index (κ1) is 14.4. The lowest BCUT2D eigenvalue weighted by molar-refractivity contribution is -0.142. The first-order valence-electron chi connectivity index (χ1n) is 6.09. The third-order valence-electron chi connectivity index (χ3n) is 3.37. The number of nitrogen functional groups attached to an aromatic ring is 1. The van der Waals surface area contributed by atoms with Crippen molar-refractivity contribution in [1.82, 2.24) is 4.98 Å². The Morgan fingerprint density at radius 1 is 1.40 bits per heavy atom. The van der Waals surface area contributed by atoms with Crippen LogP contribution in [0.4, 0.5) is 24.7 Å². The van der Waals surface area contributed by atoms with E-state index in [9.17, 15) is 18.0 Å². The number of anilines is 2. The van der Waals surface area contributed by atoms with Crippen LogP contribution in [-0.4, -0.2) is 29.1 Å². The highest BCUT2D eigenvalue weighted by Gasteiger charge is 2.32. The van der Waals surface area contributed by atoms with E-state index in [1.165, 1.54) is 0 Å². The molecule has 0 spiro atoms. The third-order valence-corrected chi connectivity index (χ3v) is 3.37. The van der Waals surface area contributed by atoms with Crippen LogP contribution in [0.5, 0.6) is 0 Å². The smallest absolute Gasteiger partial charge is 0.417 e. The fraction of sp³-hybridized carbons (Fsp3) is 0.500. The first-order valence-corrected chi connectivity index (χ1v) is 6.09. The average molecular weight is 289 g/mol. The molecule has 1 aromatic rings. The van der Waals surface area contributed by atoms with E-state index in [4.69, 9.17) is 10.8 Å². The monoisotopic (exact) mass is 289 g/mol. The zero-order chi connectivity index (χ0) is 14.9. The van der Waals surface area contributed by atoms with Crippen molar-refractivity contribution in [3.8, 4) is 0 Å². The van der Waals surface area contributed by atoms with E-state index in [1.807, 2.05) is 0 Å². The molecule has 0 aromatic carbocycles. The maximum atomic E-state index is 12.5. The van der Waals surface area contributed by atoms with Gasteiger partial charge in [-0.2, -0.15) is 13.2 Å². The molecule has 1 saturated heterocycles. The lowest BCUT2D eigenvalue weighted by Gasteiger charge is -2.31. The number of carboxylic acids is 1. The Kier molecular flexibility index (Phi) is 3.74. The van der Waals surface area contributed by atoms with Gasteiger partial charge < -0.3 is 15.7 Å². The Bertz CT molecular complexity index is 511. The molecule has 1 aliphatic heterocycles. The van der Waals surface area contributed by atoms with Gasteiger partial charge >= 0.3 is 12.1 Å². The second-order valence-corrected chi connectivity index (χ2v) is 4.73. The number of carbonyl (C=O) groups is 1. The number of pyridine rings is 1. The highest BCUT2D eigenvalue weighted by atomic mass is 19.4. The van der Waals surface area contributed by atoms with Gasteiger partial charge in [0.25, 0.3) is 0 Å². The number of hydrogen-bond acceptors (Lipinski definition) is 4. The molecule has 20 heavy (non-hydrogen) atoms. The van der Waals surface area contributed by atoms with Gasteiger partial charge in [-0.25, -0.2) is 4.98 Å². The van der Waals surface area contributed by atoms with Crippen LogP contribution in [0, 0.1) is 5.92 Å². The van der Waals surface area contributed by atoms with Crippen LogP contribution in [0.25, 0.3) is 0 Å². The minimum Gasteiger partial charge on any atom is -0.481 e. The molecule has 0 bridgehead atoms. The Morgan fingerprint density at radius 3 is 2.45 bits per heavy atom. The number of halogens is 3. The molecule has 5 nitrogen and oxygen atoms in total. The summed E-state index contributed by atoms with van der Waals surface area (Å²) >= 11 is 0. The van der Waals surface area contributed by atoms with E-state index in [-0.39, 0.29) is 11.5 Å². The standard InChI is InChI=1S/C12H14F3N3O2/c13-12(14,15)8-5-9(16)10(17-6-8)18-3-1-7(2-4-18)11(19)20/h5-7H,1-4,16H2,(H,19,20). The van der Waals surface area contributed by atoms with Crippen molar-refractivity contribution in [3.63, 3.8) is 0 Å². The summed E-state index contributed by atoms with van der Waals surface area (Å²) in [5.41, 5.74) is 4.69. The fourth-order valence-corrected chi connectivity index (χ4v) is 2.23. The van der Waals surface area contributed by atoms with Gasteiger partial charge in [0, 0.05) is 19.3 Å². The van der Waals surface area contributed by atoms with Gasteiger partial charge in [-0.3, -0.25) is 4.79 Å². The maximum absolute atomic E-state index is 12.5. The maximum Gasteiger partial charge on any atom is 0.417 e. The van der Waals surface area contributed by atoms with E-state index in [1.54, 1.807) is 4.90 Å². The lowest BCUT2D eigenvalue weighted by Crippen LogP contribution is -2.37. The van der Waals surface area contributed by atoms with Crippen molar-refractivity contribution >= 4 is 17.5 Å². The number of carboxylic acid groups (broad SMARTS) is 1. The lowest BCUT2D eigenvalue weighted by atomic mass is 9.97. The summed E-state index contributed by atoms with van der Waals surface area (Å²) in [5, 5.41) is 8.89. The van der Waals surface area contributed by atoms with Crippen LogP contribution in [0.1, 0.15) is 18.4 Å². The topological polar surface area (TPSA) is 79.5 Å². The van der Waals surface area contributed by atoms with E-state index in [0.717, 1.165) is 12.3 Å². The minimum atomic E-state index is -4.48. The molecule has 1 aromatic heterocycles. The largest absolute Gasteiger partial charge is 0.481 e. The average Bonchev–Trinajstić information content (AvgIpc) is 2.37. The summed E-state index contributed by atoms with van der Waals surface area (Å²) in [4.78, 5) is 16.3. The van der Waals surface area contributed by atoms with Crippen LogP contribution in [0.2, 0.25) is 0 Å². The van der Waals surface area contributed by atoms with Crippen LogP contribution < -0.4 is 10.6 Å². The Hall–Kier alpha value is -1.99. The molecule has 0 atom stereocenters. The Balaban J connectivity index is 2.13. The van der Waals surface area contributed by atoms with E-state index < -0.39 is 23.6 Å². The van der Waals surface area contributed by atoms with Crippen molar-refractivity contribution < 1.29 is 23.1 Å². The number of nitrogens with zero attached hydrogens (tertiary/aromatic N) is 2. The quantitative estimate of drug-likeness (QED) is 0.870. The first-order chi connectivity index (χ1) is 9.29. The normalized spacial score (nSPS) is 17.2.